The van der Waals surface area contributed by atoms with Crippen LogP contribution in [0.4, 0.5) is 5.82 Å². The Morgan fingerprint density at radius 3 is 2.80 bits per heavy atom. The molecule has 1 aromatic carbocycles. The molecule has 2 aromatic rings. The number of aliphatic hydroxyl groups is 2. The van der Waals surface area contributed by atoms with Gasteiger partial charge in [0.25, 0.3) is 0 Å². The van der Waals surface area contributed by atoms with Gasteiger partial charge < -0.3 is 25.0 Å². The van der Waals surface area contributed by atoms with Crippen molar-refractivity contribution in [2.75, 3.05) is 25.1 Å². The van der Waals surface area contributed by atoms with Crippen molar-refractivity contribution in [3.8, 4) is 0 Å². The van der Waals surface area contributed by atoms with Crippen LogP contribution in [0.15, 0.2) is 41.3 Å². The Hall–Kier alpha value is -2.68. The third-order valence-corrected chi connectivity index (χ3v) is 8.18. The molecule has 2 aliphatic heterocycles. The average Bonchev–Trinajstić information content (AvgIpc) is 3.14. The van der Waals surface area contributed by atoms with Gasteiger partial charge in [0.1, 0.15) is 23.6 Å². The summed E-state index contributed by atoms with van der Waals surface area (Å²) in [5, 5.41) is 24.6. The number of carbonyl (C=O) groups excluding carboxylic acids is 2. The van der Waals surface area contributed by atoms with E-state index in [0.717, 1.165) is 4.57 Å². The number of phosphoric acid groups is 1. The molecule has 6 atom stereocenters. The largest absolute Gasteiger partial charge is 0.475 e. The summed E-state index contributed by atoms with van der Waals surface area (Å²) in [5.74, 6) is -1.17. The number of nitrogens with zero attached hydrogens (tertiary/aromatic N) is 2. The number of amides is 1. The molecule has 14 nitrogen and oxygen atoms in total. The molecule has 0 aliphatic carbocycles. The van der Waals surface area contributed by atoms with Crippen molar-refractivity contribution >= 4 is 37.1 Å². The summed E-state index contributed by atoms with van der Waals surface area (Å²) in [6.45, 7) is 2.68. The summed E-state index contributed by atoms with van der Waals surface area (Å²) in [6, 6.07) is 8.16. The Kier molecular flexibility index (Phi) is 9.98. The van der Waals surface area contributed by atoms with Crippen LogP contribution in [0.3, 0.4) is 0 Å². The zero-order valence-electron chi connectivity index (χ0n) is 22.3. The van der Waals surface area contributed by atoms with E-state index in [0.29, 0.717) is 17.0 Å². The van der Waals surface area contributed by atoms with E-state index in [4.69, 9.17) is 34.6 Å². The summed E-state index contributed by atoms with van der Waals surface area (Å²) in [6.07, 6.45) is -3.49. The van der Waals surface area contributed by atoms with Gasteiger partial charge in [-0.05, 0) is 37.6 Å². The van der Waals surface area contributed by atoms with E-state index in [1.54, 1.807) is 31.2 Å². The second kappa shape index (κ2) is 13.1. The summed E-state index contributed by atoms with van der Waals surface area (Å²) >= 11 is 6.05. The molecule has 0 bridgehead atoms. The number of benzene rings is 1. The molecule has 2 fully saturated rings. The van der Waals surface area contributed by atoms with Crippen molar-refractivity contribution in [3.63, 3.8) is 0 Å². The number of rotatable bonds is 10. The quantitative estimate of drug-likeness (QED) is 0.262. The fourth-order valence-electron chi connectivity index (χ4n) is 4.37. The Bertz CT molecular complexity index is 1370. The SMILES string of the molecule is CCOC(=O)CCC(=O)Nc1ccn([C@@H]2O[C@H](COP3(=O)OCC[C@@H](c4cccc(Cl)c4)O3)[C@@H](O)[C@@]2(C)O)c(=O)n1. The Morgan fingerprint density at radius 2 is 2.10 bits per heavy atom. The lowest BCUT2D eigenvalue weighted by atomic mass is 9.96. The molecule has 3 heterocycles. The summed E-state index contributed by atoms with van der Waals surface area (Å²) < 4.78 is 40.9. The molecule has 1 aromatic heterocycles. The Morgan fingerprint density at radius 1 is 1.32 bits per heavy atom. The van der Waals surface area contributed by atoms with E-state index in [1.165, 1.54) is 19.2 Å². The van der Waals surface area contributed by atoms with E-state index in [-0.39, 0.29) is 31.9 Å². The van der Waals surface area contributed by atoms with Crippen LogP contribution < -0.4 is 11.0 Å². The molecule has 2 saturated heterocycles. The molecule has 1 amide bonds. The molecule has 0 spiro atoms. The van der Waals surface area contributed by atoms with E-state index >= 15 is 0 Å². The number of esters is 1. The van der Waals surface area contributed by atoms with Crippen molar-refractivity contribution in [1.82, 2.24) is 9.55 Å². The number of nitrogens with one attached hydrogen (secondary N) is 1. The minimum Gasteiger partial charge on any atom is -0.466 e. The van der Waals surface area contributed by atoms with Crippen molar-refractivity contribution in [3.05, 3.63) is 57.6 Å². The Labute approximate surface area is 240 Å². The molecular weight excluding hydrogens is 585 g/mol. The highest BCUT2D eigenvalue weighted by atomic mass is 35.5. The van der Waals surface area contributed by atoms with Gasteiger partial charge in [0.05, 0.1) is 32.3 Å². The Balaban J connectivity index is 1.38. The van der Waals surface area contributed by atoms with Gasteiger partial charge in [-0.15, -0.1) is 0 Å². The van der Waals surface area contributed by atoms with Gasteiger partial charge in [-0.1, -0.05) is 23.7 Å². The lowest BCUT2D eigenvalue weighted by Crippen LogP contribution is -2.46. The maximum atomic E-state index is 13.1. The van der Waals surface area contributed by atoms with Gasteiger partial charge in [-0.3, -0.25) is 27.7 Å². The van der Waals surface area contributed by atoms with Crippen LogP contribution in [-0.4, -0.2) is 69.3 Å². The summed E-state index contributed by atoms with van der Waals surface area (Å²) in [5.41, 5.74) is -2.20. The van der Waals surface area contributed by atoms with E-state index in [1.807, 2.05) is 0 Å². The highest BCUT2D eigenvalue weighted by molar-refractivity contribution is 7.48. The van der Waals surface area contributed by atoms with Crippen LogP contribution in [-0.2, 0) is 37.2 Å². The van der Waals surface area contributed by atoms with Gasteiger partial charge in [-0.25, -0.2) is 9.36 Å². The minimum absolute atomic E-state index is 0.0790. The minimum atomic E-state index is -4.07. The highest BCUT2D eigenvalue weighted by Gasteiger charge is 2.54. The summed E-state index contributed by atoms with van der Waals surface area (Å²) in [4.78, 5) is 40.0. The second-order valence-electron chi connectivity index (χ2n) is 9.57. The van der Waals surface area contributed by atoms with Crippen molar-refractivity contribution in [1.29, 1.82) is 0 Å². The number of aromatic nitrogens is 2. The van der Waals surface area contributed by atoms with Gasteiger partial charge >= 0.3 is 19.5 Å². The van der Waals surface area contributed by atoms with Crippen LogP contribution in [0.5, 0.6) is 0 Å². The number of hydrogen-bond acceptors (Lipinski definition) is 12. The molecule has 41 heavy (non-hydrogen) atoms. The molecule has 0 saturated carbocycles. The van der Waals surface area contributed by atoms with Crippen molar-refractivity contribution < 1.29 is 47.4 Å². The number of anilines is 1. The highest BCUT2D eigenvalue weighted by Crippen LogP contribution is 2.57. The number of phosphoric ester groups is 1. The maximum Gasteiger partial charge on any atom is 0.475 e. The maximum absolute atomic E-state index is 13.1. The number of hydrogen-bond donors (Lipinski definition) is 3. The van der Waals surface area contributed by atoms with Crippen LogP contribution in [0.1, 0.15) is 51.0 Å². The fourth-order valence-corrected chi connectivity index (χ4v) is 5.96. The predicted molar refractivity (Wildman–Crippen MR) is 143 cm³/mol. The third kappa shape index (κ3) is 7.59. The number of carbonyl (C=O) groups is 2. The first-order valence-corrected chi connectivity index (χ1v) is 14.7. The van der Waals surface area contributed by atoms with Gasteiger partial charge in [0, 0.05) is 24.1 Å². The van der Waals surface area contributed by atoms with Crippen LogP contribution in [0, 0.1) is 0 Å². The molecule has 3 N–H and O–H groups in total. The first-order valence-electron chi connectivity index (χ1n) is 12.9. The molecule has 0 radical (unpaired) electrons. The third-order valence-electron chi connectivity index (χ3n) is 6.47. The van der Waals surface area contributed by atoms with Crippen LogP contribution in [0.2, 0.25) is 5.02 Å². The van der Waals surface area contributed by atoms with Gasteiger partial charge in [0.15, 0.2) is 6.23 Å². The molecule has 224 valence electrons. The molecular formula is C25H31ClN3O11P. The van der Waals surface area contributed by atoms with Crippen LogP contribution >= 0.6 is 19.4 Å². The second-order valence-corrected chi connectivity index (χ2v) is 11.6. The predicted octanol–water partition coefficient (Wildman–Crippen LogP) is 2.49. The zero-order chi connectivity index (χ0) is 29.8. The number of halogens is 1. The van der Waals surface area contributed by atoms with Gasteiger partial charge in [0.2, 0.25) is 5.91 Å². The smallest absolute Gasteiger partial charge is 0.466 e. The first-order chi connectivity index (χ1) is 19.4. The molecule has 16 heteroatoms. The van der Waals surface area contributed by atoms with Crippen LogP contribution in [0.25, 0.3) is 0 Å². The van der Waals surface area contributed by atoms with E-state index < -0.39 is 62.1 Å². The first kappa shape index (κ1) is 31.3. The molecule has 4 rings (SSSR count). The lowest BCUT2D eigenvalue weighted by Gasteiger charge is -2.30. The van der Waals surface area contributed by atoms with E-state index in [9.17, 15) is 29.2 Å². The lowest BCUT2D eigenvalue weighted by molar-refractivity contribution is -0.144. The summed E-state index contributed by atoms with van der Waals surface area (Å²) in [7, 11) is -4.07. The monoisotopic (exact) mass is 615 g/mol. The topological polar surface area (TPSA) is 185 Å². The van der Waals surface area contributed by atoms with Gasteiger partial charge in [-0.2, -0.15) is 4.98 Å². The fraction of sp³-hybridized carbons (Fsp3) is 0.520. The molecule has 2 aliphatic rings. The van der Waals surface area contributed by atoms with E-state index in [2.05, 4.69) is 10.3 Å². The number of aliphatic hydroxyl groups excluding tert-OH is 1. The molecule has 1 unspecified atom stereocenters. The van der Waals surface area contributed by atoms with Crippen molar-refractivity contribution in [2.24, 2.45) is 0 Å². The zero-order valence-corrected chi connectivity index (χ0v) is 24.0. The normalized spacial score (nSPS) is 29.7. The standard InChI is InChI=1S/C25H31ClN3O11P/c1-3-36-21(31)8-7-20(30)27-19-9-11-29(24(33)28-19)23-25(2,34)22(32)18(39-23)14-38-41(35)37-12-10-17(40-41)15-5-4-6-16(26)13-15/h4-6,9,11,13,17-18,22-23,32,34H,3,7-8,10,12,14H2,1-2H3,(H,27,28,30,33)/t17-,18+,22+,23+,25+,41?/m0/s1. The average molecular weight is 616 g/mol. The van der Waals surface area contributed by atoms with Crippen molar-refractivity contribution in [2.45, 2.75) is 63.3 Å². The number of ether oxygens (including phenoxy) is 2.